The Morgan fingerprint density at radius 2 is 1.44 bits per heavy atom. The molecule has 192 valence electrons. The molecule has 0 amide bonds. The van der Waals surface area contributed by atoms with Gasteiger partial charge < -0.3 is 0 Å². The minimum Gasteiger partial charge on any atom is -0.273 e. The van der Waals surface area contributed by atoms with Gasteiger partial charge >= 0.3 is 79.8 Å². The van der Waals surface area contributed by atoms with Crippen LogP contribution >= 0.6 is 0 Å². The van der Waals surface area contributed by atoms with Crippen molar-refractivity contribution in [2.75, 3.05) is 0 Å². The zero-order valence-corrected chi connectivity index (χ0v) is 26.6. The third kappa shape index (κ3) is 9.13. The van der Waals surface area contributed by atoms with Crippen LogP contribution in [0.25, 0.3) is 21.5 Å². The van der Waals surface area contributed by atoms with Gasteiger partial charge in [-0.2, -0.15) is 6.08 Å². The molecule has 3 aromatic rings. The fourth-order valence-corrected chi connectivity index (χ4v) is 5.53. The molecule has 0 N–H and O–H groups in total. The third-order valence-electron chi connectivity index (χ3n) is 7.31. The quantitative estimate of drug-likeness (QED) is 0.229. The summed E-state index contributed by atoms with van der Waals surface area (Å²) in [6.07, 6.45) is 22.0. The van der Waals surface area contributed by atoms with E-state index in [9.17, 15) is 0 Å². The van der Waals surface area contributed by atoms with Gasteiger partial charge in [0.2, 0.25) is 0 Å². The van der Waals surface area contributed by atoms with E-state index in [-0.39, 0.29) is 0 Å². The molecule has 0 spiro atoms. The molecular weight excluding hydrogens is 512 g/mol. The van der Waals surface area contributed by atoms with Crippen molar-refractivity contribution in [3.8, 4) is 0 Å². The molecule has 0 nitrogen and oxygen atoms in total. The molecule has 3 aromatic carbocycles. The molecule has 0 radical (unpaired) electrons. The number of fused-ring (bicyclic) bond motifs is 3. The Kier molecular flexibility index (Phi) is 14.0. The zero-order chi connectivity index (χ0) is 26.5. The summed E-state index contributed by atoms with van der Waals surface area (Å²) in [4.78, 5) is 0. The second-order valence-electron chi connectivity index (χ2n) is 10.3. The molecule has 0 bridgehead atoms. The normalized spacial score (nSPS) is 12.0. The summed E-state index contributed by atoms with van der Waals surface area (Å²) >= 11 is 1.67. The molecular formula is C35H48Zr. The molecule has 0 aromatic heterocycles. The van der Waals surface area contributed by atoms with Crippen molar-refractivity contribution in [2.45, 2.75) is 113 Å². The van der Waals surface area contributed by atoms with Crippen molar-refractivity contribution >= 4 is 24.8 Å². The maximum atomic E-state index is 2.99. The van der Waals surface area contributed by atoms with Gasteiger partial charge in [-0.25, -0.2) is 12.2 Å². The van der Waals surface area contributed by atoms with Gasteiger partial charge in [0.25, 0.3) is 0 Å². The van der Waals surface area contributed by atoms with E-state index in [1.165, 1.54) is 102 Å². The van der Waals surface area contributed by atoms with Crippen LogP contribution in [-0.2, 0) is 30.7 Å². The fourth-order valence-electron chi connectivity index (χ4n) is 4.66. The van der Waals surface area contributed by atoms with Gasteiger partial charge in [0, 0.05) is 0 Å². The molecule has 0 heterocycles. The Bertz CT molecular complexity index is 1150. The molecule has 1 aliphatic rings. The van der Waals surface area contributed by atoms with E-state index in [2.05, 4.69) is 84.9 Å². The molecule has 36 heavy (non-hydrogen) atoms. The summed E-state index contributed by atoms with van der Waals surface area (Å²) in [5.74, 6) is 0. The van der Waals surface area contributed by atoms with Crippen molar-refractivity contribution in [2.24, 2.45) is 0 Å². The van der Waals surface area contributed by atoms with E-state index in [0.717, 1.165) is 6.42 Å². The maximum Gasteiger partial charge on any atom is -0.0408 e. The summed E-state index contributed by atoms with van der Waals surface area (Å²) in [6, 6.07) is 9.51. The Morgan fingerprint density at radius 3 is 1.97 bits per heavy atom. The third-order valence-corrected chi connectivity index (χ3v) is 8.54. The SMILES string of the molecule is CCCC[C](=[Zr+2])CCCC.CCCCc1c(C)c(C)cc2c1[cH-]c1cc(C)c(C)cc12.[C-]1=CC=CC1. The van der Waals surface area contributed by atoms with E-state index in [0.29, 0.717) is 0 Å². The van der Waals surface area contributed by atoms with E-state index in [1.54, 1.807) is 33.0 Å². The Balaban J connectivity index is 0.000000252. The summed E-state index contributed by atoms with van der Waals surface area (Å²) in [7, 11) is 0. The van der Waals surface area contributed by atoms with Crippen LogP contribution in [-0.4, -0.2) is 3.21 Å². The van der Waals surface area contributed by atoms with Crippen LogP contribution in [0.1, 0.15) is 106 Å². The second kappa shape index (κ2) is 16.4. The van der Waals surface area contributed by atoms with Gasteiger partial charge in [-0.05, 0) is 27.7 Å². The number of allylic oxidation sites excluding steroid dienone is 4. The number of benzene rings is 2. The zero-order valence-electron chi connectivity index (χ0n) is 24.1. The van der Waals surface area contributed by atoms with Gasteiger partial charge in [-0.1, -0.05) is 60.6 Å². The topological polar surface area (TPSA) is 0 Å². The molecule has 0 saturated carbocycles. The molecule has 0 unspecified atom stereocenters. The minimum atomic E-state index is 1.01. The predicted octanol–water partition coefficient (Wildman–Crippen LogP) is 10.7. The average Bonchev–Trinajstić information content (AvgIpc) is 3.55. The smallest absolute Gasteiger partial charge is 0.0408 e. The second-order valence-corrected chi connectivity index (χ2v) is 12.1. The van der Waals surface area contributed by atoms with Crippen LogP contribution in [0.15, 0.2) is 42.5 Å². The molecule has 0 saturated heterocycles. The summed E-state index contributed by atoms with van der Waals surface area (Å²) in [5, 5.41) is 5.75. The number of hydrogen-bond donors (Lipinski definition) is 0. The minimum absolute atomic E-state index is 1.01. The van der Waals surface area contributed by atoms with Gasteiger partial charge in [0.05, 0.1) is 0 Å². The van der Waals surface area contributed by atoms with Gasteiger partial charge in [0.15, 0.2) is 0 Å². The van der Waals surface area contributed by atoms with Crippen molar-refractivity contribution in [3.63, 3.8) is 0 Å². The van der Waals surface area contributed by atoms with Crippen molar-refractivity contribution < 1.29 is 24.2 Å². The van der Waals surface area contributed by atoms with E-state index >= 15 is 0 Å². The molecule has 0 atom stereocenters. The monoisotopic (exact) mass is 558 g/mol. The summed E-state index contributed by atoms with van der Waals surface area (Å²) in [6.45, 7) is 15.8. The largest absolute Gasteiger partial charge is 0.273 e. The Morgan fingerprint density at radius 1 is 0.833 bits per heavy atom. The van der Waals surface area contributed by atoms with Crippen molar-refractivity contribution in [1.82, 2.24) is 0 Å². The molecule has 1 heteroatoms. The summed E-state index contributed by atoms with van der Waals surface area (Å²) < 4.78 is 1.79. The van der Waals surface area contributed by atoms with Gasteiger partial charge in [-0.15, -0.1) is 45.7 Å². The summed E-state index contributed by atoms with van der Waals surface area (Å²) in [5.41, 5.74) is 7.27. The molecule has 0 aliphatic heterocycles. The van der Waals surface area contributed by atoms with Crippen LogP contribution in [0.3, 0.4) is 0 Å². The first-order valence-corrected chi connectivity index (χ1v) is 15.4. The average molecular weight is 560 g/mol. The maximum absolute atomic E-state index is 2.99. The van der Waals surface area contributed by atoms with Gasteiger partial charge in [-0.3, -0.25) is 6.08 Å². The van der Waals surface area contributed by atoms with Crippen molar-refractivity contribution in [1.29, 1.82) is 0 Å². The standard InChI is InChI=1S/C21H25.C9H18.C5H5.Zr/c1-6-7-8-18-16(5)15(4)11-20-19-10-14(3)13(2)9-17(19)12-21(18)20;1-3-5-7-9-8-6-4-2;1-2-4-5-3-1;/h9-12H,6-8H2,1-5H3;3-8H2,1-2H3;1-3H,4H2;/q-1;;-1;+2. The molecule has 4 rings (SSSR count). The fraction of sp³-hybridized carbons (Fsp3) is 0.486. The van der Waals surface area contributed by atoms with Crippen LogP contribution in [0.5, 0.6) is 0 Å². The number of aryl methyl sites for hydroxylation is 4. The van der Waals surface area contributed by atoms with E-state index in [4.69, 9.17) is 0 Å². The number of rotatable bonds is 9. The Labute approximate surface area is 237 Å². The van der Waals surface area contributed by atoms with Crippen LogP contribution in [0, 0.1) is 33.8 Å². The predicted molar refractivity (Wildman–Crippen MR) is 160 cm³/mol. The van der Waals surface area contributed by atoms with Crippen LogP contribution < -0.4 is 0 Å². The van der Waals surface area contributed by atoms with Crippen LogP contribution in [0.2, 0.25) is 0 Å². The first kappa shape index (κ1) is 30.8. The molecule has 0 fully saturated rings. The number of unbranched alkanes of at least 4 members (excludes halogenated alkanes) is 3. The van der Waals surface area contributed by atoms with Crippen molar-refractivity contribution in [3.05, 3.63) is 76.4 Å². The van der Waals surface area contributed by atoms with Crippen LogP contribution in [0.4, 0.5) is 0 Å². The molecule has 1 aliphatic carbocycles. The number of hydrogen-bond acceptors (Lipinski definition) is 0. The van der Waals surface area contributed by atoms with E-state index in [1.807, 2.05) is 12.2 Å². The van der Waals surface area contributed by atoms with Gasteiger partial charge in [0.1, 0.15) is 0 Å². The first-order valence-electron chi connectivity index (χ1n) is 14.2. The van der Waals surface area contributed by atoms with E-state index < -0.39 is 0 Å². The first-order chi connectivity index (χ1) is 17.3. The Hall–Kier alpha value is -1.46.